The summed E-state index contributed by atoms with van der Waals surface area (Å²) in [5, 5.41) is 9.14. The number of anilines is 1. The van der Waals surface area contributed by atoms with Crippen LogP contribution in [0.5, 0.6) is 5.75 Å². The minimum Gasteiger partial charge on any atom is -0.478 e. The molecule has 0 aliphatic heterocycles. The molecular formula is C27H26F3NO4. The molecule has 3 aromatic carbocycles. The molecule has 0 spiro atoms. The zero-order valence-corrected chi connectivity index (χ0v) is 19.4. The van der Waals surface area contributed by atoms with Crippen molar-refractivity contribution < 1.29 is 32.6 Å². The van der Waals surface area contributed by atoms with Crippen molar-refractivity contribution in [2.45, 2.75) is 45.0 Å². The number of amides is 1. The number of carbonyl (C=O) groups is 2. The second kappa shape index (κ2) is 10.6. The van der Waals surface area contributed by atoms with E-state index in [-0.39, 0.29) is 23.4 Å². The van der Waals surface area contributed by atoms with Crippen molar-refractivity contribution in [1.82, 2.24) is 0 Å². The Bertz CT molecular complexity index is 1160. The predicted octanol–water partition coefficient (Wildman–Crippen LogP) is 6.47. The number of halogens is 3. The quantitative estimate of drug-likeness (QED) is 0.353. The number of benzene rings is 3. The molecule has 0 heterocycles. The van der Waals surface area contributed by atoms with E-state index in [1.165, 1.54) is 32.0 Å². The number of nitrogens with zero attached hydrogens (tertiary/aromatic N) is 1. The summed E-state index contributed by atoms with van der Waals surface area (Å²) < 4.78 is 46.9. The minimum atomic E-state index is -4.86. The molecular weight excluding hydrogens is 459 g/mol. The van der Waals surface area contributed by atoms with Gasteiger partial charge in [-0.2, -0.15) is 0 Å². The van der Waals surface area contributed by atoms with Crippen LogP contribution in [0.25, 0.3) is 11.1 Å². The summed E-state index contributed by atoms with van der Waals surface area (Å²) in [6, 6.07) is 21.4. The molecule has 0 aliphatic carbocycles. The Kier molecular flexibility index (Phi) is 7.84. The van der Waals surface area contributed by atoms with Gasteiger partial charge in [-0.25, -0.2) is 9.69 Å². The van der Waals surface area contributed by atoms with E-state index < -0.39 is 23.8 Å². The molecule has 0 radical (unpaired) electrons. The fourth-order valence-electron chi connectivity index (χ4n) is 3.50. The molecule has 0 aliphatic rings. The second-order valence-corrected chi connectivity index (χ2v) is 8.53. The molecule has 8 heteroatoms. The molecule has 184 valence electrons. The molecule has 35 heavy (non-hydrogen) atoms. The van der Waals surface area contributed by atoms with Gasteiger partial charge in [0.2, 0.25) is 5.91 Å². The normalized spacial score (nSPS) is 11.7. The smallest absolute Gasteiger partial charge is 0.478 e. The van der Waals surface area contributed by atoms with Crippen molar-refractivity contribution in [1.29, 1.82) is 0 Å². The Labute approximate surface area is 201 Å². The number of aliphatic carboxylic acids is 1. The molecule has 3 aromatic rings. The van der Waals surface area contributed by atoms with E-state index in [4.69, 9.17) is 9.84 Å². The van der Waals surface area contributed by atoms with Crippen LogP contribution in [0.4, 0.5) is 18.9 Å². The standard InChI is InChI=1S/C27H26F3NO4/c1-26(2,25(33)34)35-23-16-14-19(15-17-23)8-6-13-24(32)31(27(28,29)30)22-12-7-11-21(18-22)20-9-4-3-5-10-20/h3-5,7,9-12,14-18H,6,8,13H2,1-2H3,(H,33,34). The van der Waals surface area contributed by atoms with Crippen LogP contribution in [-0.4, -0.2) is 28.9 Å². The largest absolute Gasteiger partial charge is 0.491 e. The van der Waals surface area contributed by atoms with Crippen molar-refractivity contribution in [3.63, 3.8) is 0 Å². The average molecular weight is 486 g/mol. The summed E-state index contributed by atoms with van der Waals surface area (Å²) >= 11 is 0. The van der Waals surface area contributed by atoms with Crippen molar-refractivity contribution in [3.8, 4) is 16.9 Å². The molecule has 0 atom stereocenters. The Morgan fingerprint density at radius 1 is 0.886 bits per heavy atom. The molecule has 1 N–H and O–H groups in total. The van der Waals surface area contributed by atoms with Crippen LogP contribution in [0.15, 0.2) is 78.9 Å². The zero-order chi connectivity index (χ0) is 25.6. The maximum atomic E-state index is 13.8. The van der Waals surface area contributed by atoms with Gasteiger partial charge in [0.05, 0.1) is 5.69 Å². The summed E-state index contributed by atoms with van der Waals surface area (Å²) in [4.78, 5) is 23.7. The number of carboxylic acids is 1. The van der Waals surface area contributed by atoms with E-state index >= 15 is 0 Å². The van der Waals surface area contributed by atoms with Crippen LogP contribution >= 0.6 is 0 Å². The van der Waals surface area contributed by atoms with Crippen LogP contribution in [0.3, 0.4) is 0 Å². The summed E-state index contributed by atoms with van der Waals surface area (Å²) in [6.07, 6.45) is -4.56. The van der Waals surface area contributed by atoms with Crippen molar-refractivity contribution in [2.24, 2.45) is 0 Å². The van der Waals surface area contributed by atoms with Crippen molar-refractivity contribution in [3.05, 3.63) is 84.4 Å². The first-order valence-corrected chi connectivity index (χ1v) is 11.0. The Morgan fingerprint density at radius 2 is 1.51 bits per heavy atom. The van der Waals surface area contributed by atoms with Crippen molar-refractivity contribution in [2.75, 3.05) is 4.90 Å². The van der Waals surface area contributed by atoms with Crippen LogP contribution in [0.2, 0.25) is 0 Å². The number of hydrogen-bond donors (Lipinski definition) is 1. The molecule has 0 aromatic heterocycles. The van der Waals surface area contributed by atoms with Crippen LogP contribution in [0.1, 0.15) is 32.3 Å². The SMILES string of the molecule is CC(C)(Oc1ccc(CCCC(=O)N(c2cccc(-c3ccccc3)c2)C(F)(F)F)cc1)C(=O)O. The first-order chi connectivity index (χ1) is 16.5. The lowest BCUT2D eigenvalue weighted by Crippen LogP contribution is -2.43. The van der Waals surface area contributed by atoms with Gasteiger partial charge in [0.15, 0.2) is 5.60 Å². The van der Waals surface area contributed by atoms with Gasteiger partial charge in [0, 0.05) is 6.42 Å². The lowest BCUT2D eigenvalue weighted by molar-refractivity contribution is -0.152. The number of hydrogen-bond acceptors (Lipinski definition) is 3. The van der Waals surface area contributed by atoms with Gasteiger partial charge in [-0.3, -0.25) is 4.79 Å². The molecule has 0 saturated carbocycles. The monoisotopic (exact) mass is 485 g/mol. The van der Waals surface area contributed by atoms with E-state index in [0.717, 1.165) is 11.1 Å². The Morgan fingerprint density at radius 3 is 2.11 bits per heavy atom. The first-order valence-electron chi connectivity index (χ1n) is 11.0. The molecule has 0 saturated heterocycles. The van der Waals surface area contributed by atoms with E-state index in [1.54, 1.807) is 54.6 Å². The van der Waals surface area contributed by atoms with Gasteiger partial charge < -0.3 is 9.84 Å². The second-order valence-electron chi connectivity index (χ2n) is 8.53. The summed E-state index contributed by atoms with van der Waals surface area (Å²) in [6.45, 7) is 2.85. The molecule has 5 nitrogen and oxygen atoms in total. The van der Waals surface area contributed by atoms with Gasteiger partial charge in [0.1, 0.15) is 5.75 Å². The highest BCUT2D eigenvalue weighted by atomic mass is 19.4. The summed E-state index contributed by atoms with van der Waals surface area (Å²) in [5.74, 6) is -1.78. The number of alkyl halides is 3. The predicted molar refractivity (Wildman–Crippen MR) is 127 cm³/mol. The fraction of sp³-hybridized carbons (Fsp3) is 0.259. The third kappa shape index (κ3) is 6.85. The summed E-state index contributed by atoms with van der Waals surface area (Å²) in [5.41, 5.74) is 0.503. The van der Waals surface area contributed by atoms with E-state index in [1.807, 2.05) is 6.07 Å². The molecule has 1 amide bonds. The fourth-order valence-corrected chi connectivity index (χ4v) is 3.50. The van der Waals surface area contributed by atoms with Crippen molar-refractivity contribution >= 4 is 17.6 Å². The van der Waals surface area contributed by atoms with Crippen LogP contribution < -0.4 is 9.64 Å². The first kappa shape index (κ1) is 25.8. The number of rotatable bonds is 9. The van der Waals surface area contributed by atoms with E-state index in [2.05, 4.69) is 0 Å². The van der Waals surface area contributed by atoms with Crippen LogP contribution in [0, 0.1) is 0 Å². The van der Waals surface area contributed by atoms with Gasteiger partial charge in [-0.1, -0.05) is 54.6 Å². The zero-order valence-electron chi connectivity index (χ0n) is 19.4. The van der Waals surface area contributed by atoms with Gasteiger partial charge in [-0.15, -0.1) is 13.2 Å². The molecule has 0 unspecified atom stereocenters. The Balaban J connectivity index is 1.66. The average Bonchev–Trinajstić information content (AvgIpc) is 2.80. The highest BCUT2D eigenvalue weighted by molar-refractivity contribution is 5.94. The number of carbonyl (C=O) groups excluding carboxylic acids is 1. The maximum Gasteiger partial charge on any atom is 0.491 e. The molecule has 3 rings (SSSR count). The summed E-state index contributed by atoms with van der Waals surface area (Å²) in [7, 11) is 0. The molecule has 0 bridgehead atoms. The maximum absolute atomic E-state index is 13.8. The highest BCUT2D eigenvalue weighted by Gasteiger charge is 2.42. The topological polar surface area (TPSA) is 66.8 Å². The number of carboxylic acid groups (broad SMARTS) is 1. The lowest BCUT2D eigenvalue weighted by atomic mass is 10.0. The third-order valence-electron chi connectivity index (χ3n) is 5.38. The minimum absolute atomic E-state index is 0.107. The van der Waals surface area contributed by atoms with Gasteiger partial charge >= 0.3 is 12.3 Å². The van der Waals surface area contributed by atoms with Gasteiger partial charge in [0.25, 0.3) is 0 Å². The number of aryl methyl sites for hydroxylation is 1. The van der Waals surface area contributed by atoms with E-state index in [9.17, 15) is 22.8 Å². The highest BCUT2D eigenvalue weighted by Crippen LogP contribution is 2.32. The third-order valence-corrected chi connectivity index (χ3v) is 5.38. The van der Waals surface area contributed by atoms with E-state index in [0.29, 0.717) is 17.7 Å². The van der Waals surface area contributed by atoms with Gasteiger partial charge in [-0.05, 0) is 67.6 Å². The Hall–Kier alpha value is -3.81. The number of ether oxygens (including phenoxy) is 1. The van der Waals surface area contributed by atoms with Crippen LogP contribution in [-0.2, 0) is 16.0 Å². The molecule has 0 fully saturated rings. The lowest BCUT2D eigenvalue weighted by Gasteiger charge is -2.25.